The van der Waals surface area contributed by atoms with Crippen molar-refractivity contribution >= 4 is 27.4 Å². The van der Waals surface area contributed by atoms with Gasteiger partial charge in [0.15, 0.2) is 0 Å². The molecule has 30 heavy (non-hydrogen) atoms. The molecule has 0 fully saturated rings. The van der Waals surface area contributed by atoms with Gasteiger partial charge in [0, 0.05) is 11.4 Å². The number of aliphatic hydroxyl groups is 1. The van der Waals surface area contributed by atoms with E-state index in [9.17, 15) is 13.2 Å². The van der Waals surface area contributed by atoms with E-state index >= 15 is 0 Å². The van der Waals surface area contributed by atoms with E-state index in [4.69, 9.17) is 5.11 Å². The zero-order valence-electron chi connectivity index (χ0n) is 16.4. The maximum atomic E-state index is 12.5. The molecule has 4 N–H and O–H groups in total. The number of hydrogen-bond donors (Lipinski definition) is 4. The molecule has 2 amide bonds. The summed E-state index contributed by atoms with van der Waals surface area (Å²) >= 11 is 0. The van der Waals surface area contributed by atoms with Gasteiger partial charge >= 0.3 is 6.03 Å². The number of rotatable bonds is 7. The lowest BCUT2D eigenvalue weighted by Crippen LogP contribution is -2.31. The van der Waals surface area contributed by atoms with Crippen molar-refractivity contribution in [1.82, 2.24) is 5.32 Å². The van der Waals surface area contributed by atoms with Crippen LogP contribution in [0, 0.1) is 0 Å². The molecule has 3 rings (SSSR count). The predicted octanol–water partition coefficient (Wildman–Crippen LogP) is 3.86. The fourth-order valence-electron chi connectivity index (χ4n) is 2.80. The molecule has 3 aromatic rings. The number of benzene rings is 3. The van der Waals surface area contributed by atoms with Crippen LogP contribution in [0.2, 0.25) is 0 Å². The van der Waals surface area contributed by atoms with Crippen LogP contribution in [-0.4, -0.2) is 19.6 Å². The van der Waals surface area contributed by atoms with Crippen LogP contribution in [0.3, 0.4) is 0 Å². The lowest BCUT2D eigenvalue weighted by molar-refractivity contribution is 0.249. The Morgan fingerprint density at radius 3 is 2.10 bits per heavy atom. The summed E-state index contributed by atoms with van der Waals surface area (Å²) < 4.78 is 27.5. The first-order chi connectivity index (χ1) is 14.4. The number of anilines is 2. The first kappa shape index (κ1) is 21.4. The van der Waals surface area contributed by atoms with Gasteiger partial charge in [0.25, 0.3) is 10.0 Å². The van der Waals surface area contributed by atoms with Crippen molar-refractivity contribution in [1.29, 1.82) is 0 Å². The van der Waals surface area contributed by atoms with Crippen LogP contribution < -0.4 is 15.4 Å². The summed E-state index contributed by atoms with van der Waals surface area (Å²) in [6.45, 7) is 1.77. The highest BCUT2D eigenvalue weighted by atomic mass is 32.2. The summed E-state index contributed by atoms with van der Waals surface area (Å²) in [6.07, 6.45) is 0. The maximum absolute atomic E-state index is 12.5. The highest BCUT2D eigenvalue weighted by Crippen LogP contribution is 2.19. The van der Waals surface area contributed by atoms with E-state index in [1.807, 2.05) is 37.3 Å². The molecule has 156 valence electrons. The first-order valence-corrected chi connectivity index (χ1v) is 10.8. The summed E-state index contributed by atoms with van der Waals surface area (Å²) in [6, 6.07) is 21.3. The molecule has 0 saturated heterocycles. The number of carbonyl (C=O) groups is 1. The molecule has 0 radical (unpaired) electrons. The Bertz CT molecular complexity index is 1080. The van der Waals surface area contributed by atoms with Gasteiger partial charge in [0.05, 0.1) is 17.5 Å². The lowest BCUT2D eigenvalue weighted by atomic mass is 10.1. The number of amides is 2. The monoisotopic (exact) mass is 425 g/mol. The smallest absolute Gasteiger partial charge is 0.319 e. The van der Waals surface area contributed by atoms with Gasteiger partial charge < -0.3 is 15.7 Å². The van der Waals surface area contributed by atoms with Gasteiger partial charge in [-0.2, -0.15) is 0 Å². The van der Waals surface area contributed by atoms with Crippen LogP contribution in [0.4, 0.5) is 16.2 Å². The molecule has 0 spiro atoms. The van der Waals surface area contributed by atoms with Crippen molar-refractivity contribution < 1.29 is 18.3 Å². The third-order valence-corrected chi connectivity index (χ3v) is 5.86. The molecule has 3 aromatic carbocycles. The highest BCUT2D eigenvalue weighted by molar-refractivity contribution is 7.92. The topological polar surface area (TPSA) is 108 Å². The van der Waals surface area contributed by atoms with Gasteiger partial charge in [-0.1, -0.05) is 42.5 Å². The van der Waals surface area contributed by atoms with E-state index in [2.05, 4.69) is 15.4 Å². The van der Waals surface area contributed by atoms with Crippen molar-refractivity contribution in [2.45, 2.75) is 24.5 Å². The summed E-state index contributed by atoms with van der Waals surface area (Å²) in [5.74, 6) is 0. The van der Waals surface area contributed by atoms with Crippen LogP contribution in [0.1, 0.15) is 24.1 Å². The number of aliphatic hydroxyl groups excluding tert-OH is 1. The van der Waals surface area contributed by atoms with Crippen molar-refractivity contribution in [3.8, 4) is 0 Å². The molecule has 0 bridgehead atoms. The van der Waals surface area contributed by atoms with Crippen LogP contribution >= 0.6 is 0 Å². The van der Waals surface area contributed by atoms with Crippen molar-refractivity contribution in [2.24, 2.45) is 0 Å². The minimum Gasteiger partial charge on any atom is -0.392 e. The van der Waals surface area contributed by atoms with Crippen molar-refractivity contribution in [3.05, 3.63) is 90.0 Å². The summed E-state index contributed by atoms with van der Waals surface area (Å²) in [5.41, 5.74) is 2.53. The molecular formula is C22H23N3O4S. The molecule has 0 aliphatic rings. The molecule has 1 unspecified atom stereocenters. The highest BCUT2D eigenvalue weighted by Gasteiger charge is 2.15. The maximum Gasteiger partial charge on any atom is 0.319 e. The predicted molar refractivity (Wildman–Crippen MR) is 117 cm³/mol. The van der Waals surface area contributed by atoms with Gasteiger partial charge in [-0.05, 0) is 54.4 Å². The third kappa shape index (κ3) is 5.59. The number of carbonyl (C=O) groups excluding carboxylic acids is 1. The van der Waals surface area contributed by atoms with Gasteiger partial charge in [-0.25, -0.2) is 13.2 Å². The van der Waals surface area contributed by atoms with Crippen molar-refractivity contribution in [3.63, 3.8) is 0 Å². The molecule has 0 saturated carbocycles. The Morgan fingerprint density at radius 2 is 1.50 bits per heavy atom. The summed E-state index contributed by atoms with van der Waals surface area (Å²) in [7, 11) is -3.77. The van der Waals surface area contributed by atoms with E-state index in [0.29, 0.717) is 16.9 Å². The van der Waals surface area contributed by atoms with Crippen LogP contribution in [0.15, 0.2) is 83.8 Å². The van der Waals surface area contributed by atoms with Crippen LogP contribution in [0.5, 0.6) is 0 Å². The second kappa shape index (κ2) is 9.43. The Labute approximate surface area is 175 Å². The van der Waals surface area contributed by atoms with Gasteiger partial charge in [0.1, 0.15) is 0 Å². The SMILES string of the molecule is CC(NC(=O)Nc1ccc(S(=O)(=O)Nc2ccc(CO)cc2)cc1)c1ccccc1. The minimum absolute atomic E-state index is 0.0670. The second-order valence-corrected chi connectivity index (χ2v) is 8.40. The van der Waals surface area contributed by atoms with Gasteiger partial charge in [0.2, 0.25) is 0 Å². The molecule has 0 aliphatic heterocycles. The van der Waals surface area contributed by atoms with Crippen LogP contribution in [0.25, 0.3) is 0 Å². The molecule has 7 nitrogen and oxygen atoms in total. The molecular weight excluding hydrogens is 402 g/mol. The van der Waals surface area contributed by atoms with Crippen molar-refractivity contribution in [2.75, 3.05) is 10.0 Å². The fraction of sp³-hybridized carbons (Fsp3) is 0.136. The minimum atomic E-state index is -3.77. The quantitative estimate of drug-likeness (QED) is 0.461. The zero-order valence-corrected chi connectivity index (χ0v) is 17.2. The number of urea groups is 1. The molecule has 0 heterocycles. The van der Waals surface area contributed by atoms with Gasteiger partial charge in [-0.3, -0.25) is 4.72 Å². The van der Waals surface area contributed by atoms with E-state index in [0.717, 1.165) is 5.56 Å². The largest absolute Gasteiger partial charge is 0.392 e. The van der Waals surface area contributed by atoms with Crippen LogP contribution in [-0.2, 0) is 16.6 Å². The Balaban J connectivity index is 1.61. The molecule has 1 atom stereocenters. The summed E-state index contributed by atoms with van der Waals surface area (Å²) in [5, 5.41) is 14.6. The normalized spacial score (nSPS) is 12.1. The number of hydrogen-bond acceptors (Lipinski definition) is 4. The lowest BCUT2D eigenvalue weighted by Gasteiger charge is -2.15. The summed E-state index contributed by atoms with van der Waals surface area (Å²) in [4.78, 5) is 12.3. The number of sulfonamides is 1. The Kier molecular flexibility index (Phi) is 6.71. The second-order valence-electron chi connectivity index (χ2n) is 6.72. The van der Waals surface area contributed by atoms with E-state index in [-0.39, 0.29) is 23.6 Å². The standard InChI is InChI=1S/C22H23N3O4S/c1-16(18-5-3-2-4-6-18)23-22(27)24-19-11-13-21(14-12-19)30(28,29)25-20-9-7-17(15-26)8-10-20/h2-14,16,25-26H,15H2,1H3,(H2,23,24,27). The average Bonchev–Trinajstić information content (AvgIpc) is 2.75. The van der Waals surface area contributed by atoms with E-state index in [1.54, 1.807) is 24.3 Å². The fourth-order valence-corrected chi connectivity index (χ4v) is 3.86. The Hall–Kier alpha value is -3.36. The van der Waals surface area contributed by atoms with E-state index < -0.39 is 10.0 Å². The van der Waals surface area contributed by atoms with E-state index in [1.165, 1.54) is 24.3 Å². The molecule has 0 aromatic heterocycles. The zero-order chi connectivity index (χ0) is 21.6. The third-order valence-electron chi connectivity index (χ3n) is 4.46. The number of nitrogens with one attached hydrogen (secondary N) is 3. The molecule has 8 heteroatoms. The molecule has 0 aliphatic carbocycles. The first-order valence-electron chi connectivity index (χ1n) is 9.32. The Morgan fingerprint density at radius 1 is 0.900 bits per heavy atom. The van der Waals surface area contributed by atoms with Gasteiger partial charge in [-0.15, -0.1) is 0 Å². The average molecular weight is 426 g/mol.